The molecule has 2 unspecified atom stereocenters. The van der Waals surface area contributed by atoms with Crippen LogP contribution < -0.4 is 5.32 Å². The molecule has 1 saturated heterocycles. The van der Waals surface area contributed by atoms with Gasteiger partial charge in [-0.1, -0.05) is 62.4 Å². The van der Waals surface area contributed by atoms with Crippen molar-refractivity contribution in [2.75, 3.05) is 19.7 Å². The molecule has 1 aliphatic heterocycles. The number of rotatable bonds is 6. The molecule has 0 radical (unpaired) electrons. The Labute approximate surface area is 202 Å². The normalized spacial score (nSPS) is 19.6. The van der Waals surface area contributed by atoms with E-state index in [1.54, 1.807) is 13.8 Å². The molecule has 0 spiro atoms. The van der Waals surface area contributed by atoms with Gasteiger partial charge in [0.15, 0.2) is 0 Å². The first-order valence-corrected chi connectivity index (χ1v) is 11.6. The number of ether oxygens (including phenoxy) is 1. The minimum absolute atomic E-state index is 0.0654. The van der Waals surface area contributed by atoms with Gasteiger partial charge in [-0.15, -0.1) is 0 Å². The lowest BCUT2D eigenvalue weighted by atomic mass is 9.92. The third-order valence-electron chi connectivity index (χ3n) is 6.79. The maximum Gasteiger partial charge on any atom is 0.407 e. The molecule has 0 bridgehead atoms. The summed E-state index contributed by atoms with van der Waals surface area (Å²) in [6.45, 7) is 2.58. The van der Waals surface area contributed by atoms with Crippen molar-refractivity contribution in [3.8, 4) is 11.1 Å². The predicted molar refractivity (Wildman–Crippen MR) is 124 cm³/mol. The van der Waals surface area contributed by atoms with Crippen LogP contribution in [0.3, 0.4) is 0 Å². The van der Waals surface area contributed by atoms with Gasteiger partial charge in [-0.2, -0.15) is 0 Å². The maximum absolute atomic E-state index is 14.0. The third kappa shape index (κ3) is 4.85. The molecular weight excluding hydrogens is 458 g/mol. The molecule has 9 heteroatoms. The zero-order valence-corrected chi connectivity index (χ0v) is 19.5. The molecule has 7 nitrogen and oxygen atoms in total. The van der Waals surface area contributed by atoms with Crippen LogP contribution in [0.5, 0.6) is 0 Å². The van der Waals surface area contributed by atoms with E-state index in [-0.39, 0.29) is 25.0 Å². The fraction of sp³-hybridized carbons (Fsp3) is 0.423. The standard InChI is InChI=1S/C26H28F2N2O5/c1-15(2)22(23(31)30-12-11-26(27,28)21(13-30)24(32)33)29-25(34)35-14-20-18-9-5-3-7-16(18)17-8-4-6-10-19(17)20/h3-10,15,20-22H,11-14H2,1-2H3,(H,29,34)(H,32,33). The lowest BCUT2D eigenvalue weighted by Gasteiger charge is -2.38. The van der Waals surface area contributed by atoms with E-state index in [1.165, 1.54) is 0 Å². The van der Waals surface area contributed by atoms with Crippen LogP contribution in [0.15, 0.2) is 48.5 Å². The molecule has 1 fully saturated rings. The summed E-state index contributed by atoms with van der Waals surface area (Å²) in [6.07, 6.45) is -1.54. The van der Waals surface area contributed by atoms with E-state index in [0.29, 0.717) is 0 Å². The number of alkyl carbamates (subject to hydrolysis) is 1. The minimum Gasteiger partial charge on any atom is -0.481 e. The fourth-order valence-electron chi connectivity index (χ4n) is 4.84. The highest BCUT2D eigenvalue weighted by Crippen LogP contribution is 2.44. The Hall–Kier alpha value is -3.49. The Morgan fingerprint density at radius 1 is 1.09 bits per heavy atom. The van der Waals surface area contributed by atoms with E-state index >= 15 is 0 Å². The zero-order chi connectivity index (χ0) is 25.3. The Bertz CT molecular complexity index is 1090. The van der Waals surface area contributed by atoms with Gasteiger partial charge in [0.1, 0.15) is 18.6 Å². The highest BCUT2D eigenvalue weighted by atomic mass is 19.3. The van der Waals surface area contributed by atoms with Crippen LogP contribution in [-0.4, -0.2) is 59.6 Å². The second-order valence-corrected chi connectivity index (χ2v) is 9.38. The van der Waals surface area contributed by atoms with Crippen molar-refractivity contribution in [2.45, 2.75) is 38.2 Å². The molecule has 2 aromatic rings. The second kappa shape index (κ2) is 9.64. The van der Waals surface area contributed by atoms with E-state index in [0.717, 1.165) is 27.2 Å². The first-order valence-electron chi connectivity index (χ1n) is 11.6. The van der Waals surface area contributed by atoms with Crippen molar-refractivity contribution in [2.24, 2.45) is 11.8 Å². The number of aliphatic carboxylic acids is 1. The number of carbonyl (C=O) groups excluding carboxylic acids is 2. The molecule has 2 N–H and O–H groups in total. The number of piperidine rings is 1. The van der Waals surface area contributed by atoms with Crippen LogP contribution in [0.25, 0.3) is 11.1 Å². The van der Waals surface area contributed by atoms with Crippen molar-refractivity contribution >= 4 is 18.0 Å². The van der Waals surface area contributed by atoms with Gasteiger partial charge in [-0.3, -0.25) is 9.59 Å². The summed E-state index contributed by atoms with van der Waals surface area (Å²) in [4.78, 5) is 38.1. The number of carboxylic acid groups (broad SMARTS) is 1. The van der Waals surface area contributed by atoms with Crippen molar-refractivity contribution in [3.05, 3.63) is 59.7 Å². The predicted octanol–water partition coefficient (Wildman–Crippen LogP) is 4.12. The van der Waals surface area contributed by atoms with E-state index in [1.807, 2.05) is 48.5 Å². The number of nitrogens with one attached hydrogen (secondary N) is 1. The summed E-state index contributed by atoms with van der Waals surface area (Å²) in [5.74, 6) is -8.15. The molecule has 0 aromatic heterocycles. The highest BCUT2D eigenvalue weighted by Gasteiger charge is 2.50. The Morgan fingerprint density at radius 3 is 2.20 bits per heavy atom. The van der Waals surface area contributed by atoms with E-state index in [2.05, 4.69) is 5.32 Å². The van der Waals surface area contributed by atoms with Crippen molar-refractivity contribution in [1.82, 2.24) is 10.2 Å². The van der Waals surface area contributed by atoms with Crippen molar-refractivity contribution in [3.63, 3.8) is 0 Å². The van der Waals surface area contributed by atoms with E-state index < -0.39 is 48.8 Å². The fourth-order valence-corrected chi connectivity index (χ4v) is 4.84. The average Bonchev–Trinajstić information content (AvgIpc) is 3.14. The van der Waals surface area contributed by atoms with Gasteiger partial charge >= 0.3 is 12.1 Å². The van der Waals surface area contributed by atoms with Gasteiger partial charge in [0, 0.05) is 25.4 Å². The van der Waals surface area contributed by atoms with Crippen molar-refractivity contribution < 1.29 is 33.0 Å². The topological polar surface area (TPSA) is 95.9 Å². The molecule has 2 amide bonds. The van der Waals surface area contributed by atoms with Gasteiger partial charge in [-0.25, -0.2) is 13.6 Å². The lowest BCUT2D eigenvalue weighted by Crippen LogP contribution is -2.58. The number of carboxylic acids is 1. The minimum atomic E-state index is -3.39. The number of hydrogen-bond acceptors (Lipinski definition) is 4. The summed E-state index contributed by atoms with van der Waals surface area (Å²) in [7, 11) is 0. The Balaban J connectivity index is 1.42. The molecule has 0 saturated carbocycles. The van der Waals surface area contributed by atoms with E-state index in [9.17, 15) is 28.3 Å². The summed E-state index contributed by atoms with van der Waals surface area (Å²) in [6, 6.07) is 14.8. The average molecular weight is 487 g/mol. The Kier molecular flexibility index (Phi) is 6.78. The number of halogens is 2. The van der Waals surface area contributed by atoms with Gasteiger partial charge < -0.3 is 20.1 Å². The molecule has 1 heterocycles. The van der Waals surface area contributed by atoms with Gasteiger partial charge in [0.05, 0.1) is 0 Å². The number of benzene rings is 2. The summed E-state index contributed by atoms with van der Waals surface area (Å²) < 4.78 is 33.5. The largest absolute Gasteiger partial charge is 0.481 e. The van der Waals surface area contributed by atoms with E-state index in [4.69, 9.17) is 4.74 Å². The SMILES string of the molecule is CC(C)C(NC(=O)OCC1c2ccccc2-c2ccccc21)C(=O)N1CCC(F)(F)C(C(=O)O)C1. The van der Waals surface area contributed by atoms with Gasteiger partial charge in [-0.05, 0) is 28.2 Å². The Morgan fingerprint density at radius 2 is 1.66 bits per heavy atom. The number of likely N-dealkylation sites (tertiary alicyclic amines) is 1. The number of fused-ring (bicyclic) bond motifs is 3. The molecule has 4 rings (SSSR count). The monoisotopic (exact) mass is 486 g/mol. The summed E-state index contributed by atoms with van der Waals surface area (Å²) in [5.41, 5.74) is 4.27. The lowest BCUT2D eigenvalue weighted by molar-refractivity contribution is -0.170. The molecule has 2 atom stereocenters. The maximum atomic E-state index is 14.0. The number of nitrogens with zero attached hydrogens (tertiary/aromatic N) is 1. The van der Waals surface area contributed by atoms with Crippen molar-refractivity contribution in [1.29, 1.82) is 0 Å². The van der Waals surface area contributed by atoms with Crippen LogP contribution in [0.2, 0.25) is 0 Å². The van der Waals surface area contributed by atoms with Crippen LogP contribution in [0.4, 0.5) is 13.6 Å². The van der Waals surface area contributed by atoms with Crippen LogP contribution in [0, 0.1) is 11.8 Å². The summed E-state index contributed by atoms with van der Waals surface area (Å²) >= 11 is 0. The number of alkyl halides is 2. The molecule has 2 aromatic carbocycles. The van der Waals surface area contributed by atoms with Crippen LogP contribution in [0.1, 0.15) is 37.3 Å². The highest BCUT2D eigenvalue weighted by molar-refractivity contribution is 5.87. The number of carbonyl (C=O) groups is 3. The smallest absolute Gasteiger partial charge is 0.407 e. The molecule has 186 valence electrons. The third-order valence-corrected chi connectivity index (χ3v) is 6.79. The van der Waals surface area contributed by atoms with Crippen LogP contribution in [-0.2, 0) is 14.3 Å². The first-order chi connectivity index (χ1) is 16.6. The van der Waals surface area contributed by atoms with Gasteiger partial charge in [0.2, 0.25) is 5.91 Å². The molecule has 35 heavy (non-hydrogen) atoms. The molecule has 2 aliphatic rings. The first kappa shape index (κ1) is 24.6. The zero-order valence-electron chi connectivity index (χ0n) is 19.5. The van der Waals surface area contributed by atoms with Crippen LogP contribution >= 0.6 is 0 Å². The number of hydrogen-bond donors (Lipinski definition) is 2. The van der Waals surface area contributed by atoms with Gasteiger partial charge in [0.25, 0.3) is 5.92 Å². The quantitative estimate of drug-likeness (QED) is 0.641. The molecular formula is C26H28F2N2O5. The second-order valence-electron chi connectivity index (χ2n) is 9.38. The number of amides is 2. The molecule has 1 aliphatic carbocycles. The summed E-state index contributed by atoms with van der Waals surface area (Å²) in [5, 5.41) is 11.7.